The fourth-order valence-electron chi connectivity index (χ4n) is 2.54. The van der Waals surface area contributed by atoms with Gasteiger partial charge < -0.3 is 11.1 Å². The summed E-state index contributed by atoms with van der Waals surface area (Å²) < 4.78 is 0. The Hall–Kier alpha value is -1.40. The normalized spacial score (nSPS) is 25.6. The van der Waals surface area contributed by atoms with Crippen molar-refractivity contribution in [2.75, 3.05) is 7.05 Å². The van der Waals surface area contributed by atoms with E-state index in [1.165, 1.54) is 5.71 Å². The van der Waals surface area contributed by atoms with E-state index < -0.39 is 0 Å². The monoisotopic (exact) mass is 308 g/mol. The summed E-state index contributed by atoms with van der Waals surface area (Å²) in [6.07, 6.45) is 6.19. The van der Waals surface area contributed by atoms with Crippen LogP contribution in [-0.4, -0.2) is 36.1 Å². The Kier molecular flexibility index (Phi) is 7.55. The van der Waals surface area contributed by atoms with E-state index in [-0.39, 0.29) is 12.5 Å². The predicted octanol–water partition coefficient (Wildman–Crippen LogP) is 1.99. The fraction of sp³-hybridized carbons (Fsp3) is 0.750. The highest BCUT2D eigenvalue weighted by atomic mass is 15.4. The lowest BCUT2D eigenvalue weighted by Crippen LogP contribution is -2.59. The van der Waals surface area contributed by atoms with Crippen molar-refractivity contribution in [3.05, 3.63) is 11.8 Å². The van der Waals surface area contributed by atoms with Gasteiger partial charge in [-0.25, -0.2) is 4.99 Å². The lowest BCUT2D eigenvalue weighted by atomic mass is 9.97. The van der Waals surface area contributed by atoms with Gasteiger partial charge in [0.2, 0.25) is 0 Å². The van der Waals surface area contributed by atoms with Crippen LogP contribution in [0.25, 0.3) is 0 Å². The second kappa shape index (κ2) is 8.90. The van der Waals surface area contributed by atoms with Gasteiger partial charge in [-0.2, -0.15) is 0 Å². The van der Waals surface area contributed by atoms with Crippen LogP contribution < -0.4 is 16.8 Å². The molecule has 0 amide bonds. The molecule has 1 heterocycles. The molecule has 126 valence electrons. The van der Waals surface area contributed by atoms with E-state index in [9.17, 15) is 0 Å². The zero-order valence-electron chi connectivity index (χ0n) is 14.6. The summed E-state index contributed by atoms with van der Waals surface area (Å²) in [6.45, 7) is 8.49. The van der Waals surface area contributed by atoms with Gasteiger partial charge in [0, 0.05) is 11.4 Å². The highest BCUT2D eigenvalue weighted by Gasteiger charge is 2.25. The molecule has 0 saturated carbocycles. The number of nitrogens with one attached hydrogen (secondary N) is 1. The molecule has 0 spiro atoms. The first-order valence-corrected chi connectivity index (χ1v) is 8.17. The Morgan fingerprint density at radius 1 is 1.45 bits per heavy atom. The maximum absolute atomic E-state index is 5.94. The van der Waals surface area contributed by atoms with Crippen LogP contribution in [0.2, 0.25) is 0 Å². The van der Waals surface area contributed by atoms with Crippen LogP contribution in [0.15, 0.2) is 21.8 Å². The Balaban J connectivity index is 2.61. The summed E-state index contributed by atoms with van der Waals surface area (Å²) in [7, 11) is 1.97. The summed E-state index contributed by atoms with van der Waals surface area (Å²) in [4.78, 5) is 10.7. The summed E-state index contributed by atoms with van der Waals surface area (Å²) in [5, 5.41) is 3.20. The molecule has 1 aliphatic rings. The van der Waals surface area contributed by atoms with E-state index in [4.69, 9.17) is 11.5 Å². The smallest absolute Gasteiger partial charge is 0.192 e. The quantitative estimate of drug-likeness (QED) is 0.627. The van der Waals surface area contributed by atoms with Crippen molar-refractivity contribution in [1.82, 2.24) is 10.2 Å². The predicted molar refractivity (Wildman–Crippen MR) is 94.5 cm³/mol. The fourth-order valence-corrected chi connectivity index (χ4v) is 2.54. The molecule has 3 unspecified atom stereocenters. The Morgan fingerprint density at radius 2 is 2.14 bits per heavy atom. The minimum absolute atomic E-state index is 0.135. The van der Waals surface area contributed by atoms with E-state index in [0.717, 1.165) is 31.4 Å². The van der Waals surface area contributed by atoms with Crippen LogP contribution in [0.5, 0.6) is 0 Å². The molecule has 0 bridgehead atoms. The maximum Gasteiger partial charge on any atom is 0.192 e. The standard InChI is InChI=1S/C16H32N6/c1-6-11(3)19-12(4)10-13(7-2)8-9-14-20-15(17)21-16(18)22(14)5/h10,13-14,16H,6-9,18H2,1-5H3,(H3,17,20,21)/b12-10-,19-11?. The second-order valence-corrected chi connectivity index (χ2v) is 6.01. The average Bonchev–Trinajstić information content (AvgIpc) is 2.47. The third-order valence-electron chi connectivity index (χ3n) is 4.19. The number of allylic oxidation sites excluding steroid dienone is 2. The highest BCUT2D eigenvalue weighted by Crippen LogP contribution is 2.19. The first-order chi connectivity index (χ1) is 10.4. The van der Waals surface area contributed by atoms with Crippen molar-refractivity contribution in [3.63, 3.8) is 0 Å². The topological polar surface area (TPSA) is 92.0 Å². The molecule has 6 heteroatoms. The number of rotatable bonds is 7. The van der Waals surface area contributed by atoms with Crippen molar-refractivity contribution in [2.45, 2.75) is 65.8 Å². The molecule has 1 rings (SSSR count). The summed E-state index contributed by atoms with van der Waals surface area (Å²) in [5.74, 6) is 0.943. The molecular weight excluding hydrogens is 276 g/mol. The van der Waals surface area contributed by atoms with Crippen molar-refractivity contribution in [3.8, 4) is 0 Å². The molecule has 1 aliphatic heterocycles. The molecule has 5 N–H and O–H groups in total. The Morgan fingerprint density at radius 3 is 2.73 bits per heavy atom. The molecule has 0 aromatic rings. The Labute approximate surface area is 134 Å². The molecular formula is C16H32N6. The van der Waals surface area contributed by atoms with Crippen LogP contribution in [0.3, 0.4) is 0 Å². The van der Waals surface area contributed by atoms with E-state index in [0.29, 0.717) is 11.9 Å². The van der Waals surface area contributed by atoms with Gasteiger partial charge in [-0.1, -0.05) is 19.9 Å². The van der Waals surface area contributed by atoms with Crippen LogP contribution in [0.4, 0.5) is 0 Å². The van der Waals surface area contributed by atoms with Crippen LogP contribution in [0, 0.1) is 5.92 Å². The summed E-state index contributed by atoms with van der Waals surface area (Å²) in [5.41, 5.74) is 14.0. The number of aliphatic imine (C=N–C) groups is 2. The van der Waals surface area contributed by atoms with E-state index in [1.54, 1.807) is 0 Å². The molecule has 0 aromatic heterocycles. The molecule has 0 radical (unpaired) electrons. The van der Waals surface area contributed by atoms with Gasteiger partial charge in [0.1, 0.15) is 0 Å². The molecule has 0 saturated heterocycles. The zero-order chi connectivity index (χ0) is 16.7. The molecule has 3 atom stereocenters. The van der Waals surface area contributed by atoms with Gasteiger partial charge in [-0.15, -0.1) is 0 Å². The van der Waals surface area contributed by atoms with Crippen molar-refractivity contribution in [2.24, 2.45) is 27.4 Å². The molecule has 6 nitrogen and oxygen atoms in total. The number of guanidine groups is 1. The van der Waals surface area contributed by atoms with Crippen molar-refractivity contribution < 1.29 is 0 Å². The number of hydrogen-bond acceptors (Lipinski definition) is 6. The van der Waals surface area contributed by atoms with E-state index in [2.05, 4.69) is 49.1 Å². The lowest BCUT2D eigenvalue weighted by Gasteiger charge is -2.36. The van der Waals surface area contributed by atoms with Gasteiger partial charge in [-0.05, 0) is 52.5 Å². The number of nitrogens with two attached hydrogens (primary N) is 2. The minimum atomic E-state index is -0.361. The number of hydrogen-bond donors (Lipinski definition) is 3. The zero-order valence-corrected chi connectivity index (χ0v) is 14.6. The van der Waals surface area contributed by atoms with Crippen molar-refractivity contribution in [1.29, 1.82) is 0 Å². The summed E-state index contributed by atoms with van der Waals surface area (Å²) in [6, 6.07) is 0. The minimum Gasteiger partial charge on any atom is -0.370 e. The highest BCUT2D eigenvalue weighted by molar-refractivity contribution is 5.82. The maximum atomic E-state index is 5.94. The lowest BCUT2D eigenvalue weighted by molar-refractivity contribution is 0.140. The van der Waals surface area contributed by atoms with Gasteiger partial charge in [0.15, 0.2) is 12.2 Å². The first-order valence-electron chi connectivity index (χ1n) is 8.17. The van der Waals surface area contributed by atoms with E-state index in [1.807, 2.05) is 11.9 Å². The SMILES string of the molecule is CCC(C)=N/C(C)=C\C(CC)CCC1NC(N)=NC(N)N1C. The molecule has 22 heavy (non-hydrogen) atoms. The van der Waals surface area contributed by atoms with Gasteiger partial charge in [0.25, 0.3) is 0 Å². The largest absolute Gasteiger partial charge is 0.370 e. The third-order valence-corrected chi connectivity index (χ3v) is 4.19. The van der Waals surface area contributed by atoms with Crippen LogP contribution in [0.1, 0.15) is 53.4 Å². The van der Waals surface area contributed by atoms with Gasteiger partial charge >= 0.3 is 0 Å². The van der Waals surface area contributed by atoms with Crippen LogP contribution in [-0.2, 0) is 0 Å². The summed E-state index contributed by atoms with van der Waals surface area (Å²) >= 11 is 0. The molecule has 0 aromatic carbocycles. The first kappa shape index (κ1) is 18.6. The Bertz CT molecular complexity index is 440. The second-order valence-electron chi connectivity index (χ2n) is 6.01. The molecule has 0 aliphatic carbocycles. The van der Waals surface area contributed by atoms with Gasteiger partial charge in [0.05, 0.1) is 6.17 Å². The van der Waals surface area contributed by atoms with E-state index >= 15 is 0 Å². The third kappa shape index (κ3) is 5.77. The van der Waals surface area contributed by atoms with Crippen LogP contribution >= 0.6 is 0 Å². The number of nitrogens with zero attached hydrogens (tertiary/aromatic N) is 3. The van der Waals surface area contributed by atoms with Gasteiger partial charge in [-0.3, -0.25) is 15.6 Å². The molecule has 0 fully saturated rings. The van der Waals surface area contributed by atoms with Crippen molar-refractivity contribution >= 4 is 11.7 Å². The average molecular weight is 308 g/mol.